The fourth-order valence-electron chi connectivity index (χ4n) is 6.41. The van der Waals surface area contributed by atoms with Gasteiger partial charge in [0.25, 0.3) is 0 Å². The Morgan fingerprint density at radius 1 is 1.08 bits per heavy atom. The Kier molecular flexibility index (Phi) is 11.3. The zero-order chi connectivity index (χ0) is 37.6. The topological polar surface area (TPSA) is 180 Å². The van der Waals surface area contributed by atoms with E-state index in [0.29, 0.717) is 40.6 Å². The monoisotopic (exact) mass is 742 g/mol. The molecule has 2 saturated heterocycles. The average molecular weight is 743 g/mol. The Balaban J connectivity index is 1.25. The first kappa shape index (κ1) is 36.9. The van der Waals surface area contributed by atoms with E-state index in [9.17, 15) is 28.8 Å². The van der Waals surface area contributed by atoms with Crippen LogP contribution in [0.3, 0.4) is 0 Å². The molecule has 3 aromatic carbocycles. The molecule has 0 saturated carbocycles. The lowest BCUT2D eigenvalue weighted by Gasteiger charge is -2.46. The number of hydrogen-bond donors (Lipinski definition) is 3. The minimum atomic E-state index is -0.960. The molecule has 15 nitrogen and oxygen atoms in total. The zero-order valence-corrected chi connectivity index (χ0v) is 30.0. The molecule has 2 aliphatic rings. The summed E-state index contributed by atoms with van der Waals surface area (Å²) in [5, 5.41) is 18.3. The lowest BCUT2D eigenvalue weighted by Crippen LogP contribution is -2.66. The van der Waals surface area contributed by atoms with E-state index in [1.807, 2.05) is 43.3 Å². The first-order valence-corrected chi connectivity index (χ1v) is 17.7. The molecule has 53 heavy (non-hydrogen) atoms. The van der Waals surface area contributed by atoms with Crippen LogP contribution in [0.1, 0.15) is 16.7 Å². The highest BCUT2D eigenvalue weighted by atomic mass is 32.1. The minimum Gasteiger partial charge on any atom is -0.410 e. The van der Waals surface area contributed by atoms with Gasteiger partial charge in [-0.15, -0.1) is 0 Å². The predicted molar refractivity (Wildman–Crippen MR) is 194 cm³/mol. The van der Waals surface area contributed by atoms with E-state index in [1.54, 1.807) is 29.2 Å². The van der Waals surface area contributed by atoms with E-state index in [4.69, 9.17) is 10.5 Å². The number of hydrazine groups is 1. The second-order valence-corrected chi connectivity index (χ2v) is 14.0. The lowest BCUT2D eigenvalue weighted by atomic mass is 9.99. The van der Waals surface area contributed by atoms with Crippen molar-refractivity contribution < 1.29 is 28.3 Å². The van der Waals surface area contributed by atoms with E-state index < -0.39 is 30.1 Å². The number of nitriles is 1. The van der Waals surface area contributed by atoms with Crippen LogP contribution in [0.25, 0.3) is 10.2 Å². The molecule has 4 aromatic rings. The molecule has 3 heterocycles. The Hall–Kier alpha value is -5.83. The van der Waals surface area contributed by atoms with Crippen molar-refractivity contribution in [3.8, 4) is 11.8 Å². The van der Waals surface area contributed by atoms with E-state index in [0.717, 1.165) is 10.3 Å². The molecule has 2 aliphatic heterocycles. The molecule has 1 aromatic heterocycles. The summed E-state index contributed by atoms with van der Waals surface area (Å²) >= 11 is 1.34. The molecule has 2 fully saturated rings. The lowest BCUT2D eigenvalue weighted by molar-refractivity contribution is -0.157. The van der Waals surface area contributed by atoms with Crippen molar-refractivity contribution in [2.24, 2.45) is 0 Å². The van der Waals surface area contributed by atoms with Crippen LogP contribution in [0, 0.1) is 17.1 Å². The molecule has 0 unspecified atom stereocenters. The van der Waals surface area contributed by atoms with Crippen LogP contribution in [0.15, 0.2) is 66.7 Å². The van der Waals surface area contributed by atoms with Gasteiger partial charge in [0.15, 0.2) is 5.13 Å². The van der Waals surface area contributed by atoms with Gasteiger partial charge in [-0.3, -0.25) is 9.59 Å². The molecule has 4 N–H and O–H groups in total. The highest BCUT2D eigenvalue weighted by Gasteiger charge is 2.52. The number of benzene rings is 3. The maximum Gasteiger partial charge on any atom is 0.412 e. The number of piperazine rings is 1. The quantitative estimate of drug-likeness (QED) is 0.183. The average Bonchev–Trinajstić information content (AvgIpc) is 3.67. The van der Waals surface area contributed by atoms with Gasteiger partial charge in [0.1, 0.15) is 30.3 Å². The molecule has 0 aliphatic carbocycles. The van der Waals surface area contributed by atoms with Gasteiger partial charge in [0.2, 0.25) is 11.8 Å². The highest BCUT2D eigenvalue weighted by Crippen LogP contribution is 2.32. The van der Waals surface area contributed by atoms with Crippen molar-refractivity contribution in [3.05, 3.63) is 89.2 Å². The first-order chi connectivity index (χ1) is 25.5. The predicted octanol–water partition coefficient (Wildman–Crippen LogP) is 2.74. The normalized spacial score (nSPS) is 17.2. The largest absolute Gasteiger partial charge is 0.412 e. The Labute approximate surface area is 309 Å². The van der Waals surface area contributed by atoms with Crippen LogP contribution < -0.4 is 21.1 Å². The smallest absolute Gasteiger partial charge is 0.410 e. The van der Waals surface area contributed by atoms with Crippen LogP contribution >= 0.6 is 11.3 Å². The number of likely N-dealkylation sites (N-methyl/N-ethyl adjacent to an activating group) is 1. The van der Waals surface area contributed by atoms with Crippen LogP contribution in [0.5, 0.6) is 5.75 Å². The Bertz CT molecular complexity index is 2020. The number of fused-ring (bicyclic) bond motifs is 2. The van der Waals surface area contributed by atoms with Crippen LogP contribution in [-0.4, -0.2) is 113 Å². The molecule has 276 valence electrons. The number of aromatic nitrogens is 1. The van der Waals surface area contributed by atoms with Gasteiger partial charge < -0.3 is 35.8 Å². The molecular formula is C36H39FN10O5S. The first-order valence-electron chi connectivity index (χ1n) is 16.9. The van der Waals surface area contributed by atoms with Crippen molar-refractivity contribution in [2.75, 3.05) is 52.6 Å². The molecule has 0 spiro atoms. The summed E-state index contributed by atoms with van der Waals surface area (Å²) in [5.41, 5.74) is 8.80. The molecular weight excluding hydrogens is 704 g/mol. The molecule has 0 radical (unpaired) electrons. The van der Waals surface area contributed by atoms with E-state index in [1.165, 1.54) is 50.5 Å². The third-order valence-electron chi connectivity index (χ3n) is 8.96. The summed E-state index contributed by atoms with van der Waals surface area (Å²) in [6.45, 7) is 0.707. The number of thiazole rings is 1. The zero-order valence-electron chi connectivity index (χ0n) is 29.2. The maximum atomic E-state index is 14.4. The Morgan fingerprint density at radius 3 is 2.53 bits per heavy atom. The number of anilines is 1. The number of carbonyl (C=O) groups excluding carboxylic acids is 4. The molecule has 17 heteroatoms. The number of amides is 5. The second kappa shape index (κ2) is 16.2. The summed E-state index contributed by atoms with van der Waals surface area (Å²) in [7, 11) is 3.79. The maximum absolute atomic E-state index is 14.4. The van der Waals surface area contributed by atoms with Crippen molar-refractivity contribution in [2.45, 2.75) is 31.7 Å². The number of nitrogens with two attached hydrogens (primary N) is 1. The van der Waals surface area contributed by atoms with Crippen LogP contribution in [0.4, 0.5) is 19.1 Å². The van der Waals surface area contributed by atoms with E-state index >= 15 is 0 Å². The number of rotatable bonds is 12. The van der Waals surface area contributed by atoms with Gasteiger partial charge in [-0.1, -0.05) is 47.7 Å². The number of urea groups is 1. The third-order valence-corrected chi connectivity index (χ3v) is 9.81. The van der Waals surface area contributed by atoms with Gasteiger partial charge in [-0.25, -0.2) is 24.0 Å². The van der Waals surface area contributed by atoms with Crippen LogP contribution in [0.2, 0.25) is 0 Å². The van der Waals surface area contributed by atoms with Crippen molar-refractivity contribution in [1.82, 2.24) is 40.3 Å². The number of carbonyl (C=O) groups is 4. The van der Waals surface area contributed by atoms with Gasteiger partial charge in [-0.05, 0) is 61.1 Å². The summed E-state index contributed by atoms with van der Waals surface area (Å²) < 4.78 is 19.7. The highest BCUT2D eigenvalue weighted by molar-refractivity contribution is 7.22. The fourth-order valence-corrected chi connectivity index (χ4v) is 7.19. The molecule has 6 rings (SSSR count). The van der Waals surface area contributed by atoms with Crippen molar-refractivity contribution >= 4 is 50.6 Å². The van der Waals surface area contributed by atoms with Crippen LogP contribution in [-0.2, 0) is 29.1 Å². The number of halogens is 1. The second-order valence-electron chi connectivity index (χ2n) is 12.9. The molecule has 5 amide bonds. The number of nitrogens with one attached hydrogen (secondary N) is 2. The van der Waals surface area contributed by atoms with Crippen molar-refractivity contribution in [1.29, 1.82) is 5.26 Å². The van der Waals surface area contributed by atoms with Gasteiger partial charge in [0, 0.05) is 32.6 Å². The Morgan fingerprint density at radius 2 is 1.81 bits per heavy atom. The van der Waals surface area contributed by atoms with Gasteiger partial charge in [0.05, 0.1) is 29.4 Å². The number of hydrogen-bond acceptors (Lipinski definition) is 11. The summed E-state index contributed by atoms with van der Waals surface area (Å²) in [6, 6.07) is 18.4. The van der Waals surface area contributed by atoms with Gasteiger partial charge in [-0.2, -0.15) is 10.3 Å². The van der Waals surface area contributed by atoms with E-state index in [2.05, 4.69) is 15.6 Å². The van der Waals surface area contributed by atoms with E-state index in [-0.39, 0.29) is 51.0 Å². The number of para-hydroxylation sites is 1. The molecule has 0 bridgehead atoms. The third kappa shape index (κ3) is 8.63. The summed E-state index contributed by atoms with van der Waals surface area (Å²) in [5.74, 6) is -0.788. The van der Waals surface area contributed by atoms with Gasteiger partial charge >= 0.3 is 12.1 Å². The van der Waals surface area contributed by atoms with Crippen molar-refractivity contribution in [3.63, 3.8) is 0 Å². The number of ether oxygens (including phenoxy) is 1. The molecule has 2 atom stereocenters. The number of nitrogens with zero attached hydrogens (tertiary/aromatic N) is 7. The minimum absolute atomic E-state index is 0.0416. The summed E-state index contributed by atoms with van der Waals surface area (Å²) in [4.78, 5) is 63.5. The standard InChI is InChI=1S/C36H39FN10O5S/c1-43(2)17-15-40-36(51)52-27-12-8-23(9-13-27)18-28-33(49)44(20-25-4-3-5-29-32(25)42-34(39)53-29)21-30-46(22-31(48)47(28)30)45(16-14-38)35(50)41-19-24-6-10-26(37)11-7-24/h3-13,28,30H,15-22H2,1-2H3,(H2,39,42)(H,40,51)(H,41,50)/t28-,30+/m0/s1. The summed E-state index contributed by atoms with van der Waals surface area (Å²) in [6.07, 6.45) is -1.25. The number of nitrogen functional groups attached to an aromatic ring is 1. The fraction of sp³-hybridized carbons (Fsp3) is 0.333. The SMILES string of the molecule is CN(C)CCNC(=O)Oc1ccc(C[C@H]2C(=O)N(Cc3cccc4sc(N)nc34)C[C@H]3N2C(=O)CN3N(CC#N)C(=O)NCc2ccc(F)cc2)cc1.